The molecule has 0 saturated carbocycles. The third-order valence-electron chi connectivity index (χ3n) is 1.86. The molecule has 0 spiro atoms. The summed E-state index contributed by atoms with van der Waals surface area (Å²) in [4.78, 5) is 22.1. The van der Waals surface area contributed by atoms with Gasteiger partial charge in [-0.2, -0.15) is 0 Å². The Labute approximate surface area is 88.8 Å². The standard InChI is InChI=1S/C10H16N2O3/c1-3-5-10(9(12)14,7-8(11)13)15-6-4-2/h3-4H,1-2,5-7H2,(H2,11,13)(H2,12,14). The van der Waals surface area contributed by atoms with Crippen LogP contribution in [0.1, 0.15) is 12.8 Å². The van der Waals surface area contributed by atoms with Crippen LogP contribution in [-0.2, 0) is 14.3 Å². The fourth-order valence-corrected chi connectivity index (χ4v) is 1.17. The molecule has 1 atom stereocenters. The summed E-state index contributed by atoms with van der Waals surface area (Å²) in [5.41, 5.74) is 8.82. The summed E-state index contributed by atoms with van der Waals surface area (Å²) in [6.45, 7) is 7.04. The van der Waals surface area contributed by atoms with Crippen molar-refractivity contribution in [3.8, 4) is 0 Å². The minimum Gasteiger partial charge on any atom is -0.370 e. The first-order chi connectivity index (χ1) is 6.98. The van der Waals surface area contributed by atoms with Crippen LogP contribution >= 0.6 is 0 Å². The van der Waals surface area contributed by atoms with Crippen molar-refractivity contribution in [1.82, 2.24) is 0 Å². The van der Waals surface area contributed by atoms with Crippen molar-refractivity contribution >= 4 is 11.8 Å². The van der Waals surface area contributed by atoms with Gasteiger partial charge in [-0.05, 0) is 0 Å². The minimum absolute atomic E-state index is 0.115. The van der Waals surface area contributed by atoms with Gasteiger partial charge >= 0.3 is 0 Å². The van der Waals surface area contributed by atoms with Gasteiger partial charge in [0.1, 0.15) is 0 Å². The molecule has 84 valence electrons. The van der Waals surface area contributed by atoms with Crippen LogP contribution in [0.15, 0.2) is 25.3 Å². The first-order valence-electron chi connectivity index (χ1n) is 4.42. The summed E-state index contributed by atoms with van der Waals surface area (Å²) in [7, 11) is 0. The molecule has 4 N–H and O–H groups in total. The van der Waals surface area contributed by atoms with Gasteiger partial charge in [0.2, 0.25) is 5.91 Å². The number of carbonyl (C=O) groups is 2. The Morgan fingerprint density at radius 2 is 1.87 bits per heavy atom. The maximum absolute atomic E-state index is 11.3. The smallest absolute Gasteiger partial charge is 0.250 e. The van der Waals surface area contributed by atoms with Gasteiger partial charge in [0.15, 0.2) is 5.60 Å². The second-order valence-corrected chi connectivity index (χ2v) is 3.09. The van der Waals surface area contributed by atoms with Gasteiger partial charge in [-0.3, -0.25) is 9.59 Å². The Morgan fingerprint density at radius 3 is 2.20 bits per heavy atom. The summed E-state index contributed by atoms with van der Waals surface area (Å²) in [6, 6.07) is 0. The Balaban J connectivity index is 4.86. The number of rotatable bonds is 8. The van der Waals surface area contributed by atoms with E-state index in [1.807, 2.05) is 0 Å². The van der Waals surface area contributed by atoms with E-state index in [1.54, 1.807) is 0 Å². The monoisotopic (exact) mass is 212 g/mol. The zero-order valence-corrected chi connectivity index (χ0v) is 8.57. The molecule has 0 aromatic heterocycles. The lowest BCUT2D eigenvalue weighted by molar-refractivity contribution is -0.147. The largest absolute Gasteiger partial charge is 0.370 e. The molecule has 0 radical (unpaired) electrons. The molecule has 0 heterocycles. The number of nitrogens with two attached hydrogens (primary N) is 2. The van der Waals surface area contributed by atoms with E-state index in [0.29, 0.717) is 0 Å². The molecule has 0 aliphatic rings. The van der Waals surface area contributed by atoms with Crippen LogP contribution in [-0.4, -0.2) is 24.0 Å². The second kappa shape index (κ2) is 5.98. The van der Waals surface area contributed by atoms with Gasteiger partial charge in [-0.25, -0.2) is 0 Å². The summed E-state index contributed by atoms with van der Waals surface area (Å²) in [5, 5.41) is 0. The number of primary amides is 2. The molecule has 5 nitrogen and oxygen atoms in total. The first-order valence-corrected chi connectivity index (χ1v) is 4.42. The fraction of sp³-hybridized carbons (Fsp3) is 0.400. The Hall–Kier alpha value is -1.62. The van der Waals surface area contributed by atoms with E-state index in [9.17, 15) is 9.59 Å². The van der Waals surface area contributed by atoms with E-state index >= 15 is 0 Å². The third kappa shape index (κ3) is 3.95. The van der Waals surface area contributed by atoms with E-state index in [1.165, 1.54) is 12.2 Å². The third-order valence-corrected chi connectivity index (χ3v) is 1.86. The van der Waals surface area contributed by atoms with E-state index in [4.69, 9.17) is 16.2 Å². The number of carbonyl (C=O) groups excluding carboxylic acids is 2. The Bertz CT molecular complexity index is 276. The van der Waals surface area contributed by atoms with E-state index < -0.39 is 17.4 Å². The molecule has 0 saturated heterocycles. The maximum atomic E-state index is 11.3. The molecule has 5 heteroatoms. The van der Waals surface area contributed by atoms with Gasteiger partial charge < -0.3 is 16.2 Å². The lowest BCUT2D eigenvalue weighted by Gasteiger charge is -2.27. The molecular weight excluding hydrogens is 196 g/mol. The highest BCUT2D eigenvalue weighted by molar-refractivity contribution is 5.89. The highest BCUT2D eigenvalue weighted by Crippen LogP contribution is 2.21. The highest BCUT2D eigenvalue weighted by Gasteiger charge is 2.38. The molecular formula is C10H16N2O3. The van der Waals surface area contributed by atoms with Crippen molar-refractivity contribution in [2.75, 3.05) is 6.61 Å². The van der Waals surface area contributed by atoms with E-state index in [2.05, 4.69) is 13.2 Å². The van der Waals surface area contributed by atoms with E-state index in [0.717, 1.165) is 0 Å². The average Bonchev–Trinajstić information content (AvgIpc) is 2.13. The predicted octanol–water partition coefficient (Wildman–Crippen LogP) is -0.135. The molecule has 15 heavy (non-hydrogen) atoms. The molecule has 0 aliphatic heterocycles. The zero-order chi connectivity index (χ0) is 11.9. The van der Waals surface area contributed by atoms with Crippen LogP contribution < -0.4 is 11.5 Å². The zero-order valence-electron chi connectivity index (χ0n) is 8.57. The maximum Gasteiger partial charge on any atom is 0.250 e. The van der Waals surface area contributed by atoms with Crippen molar-refractivity contribution in [2.24, 2.45) is 11.5 Å². The SMILES string of the molecule is C=CCOC(CC=C)(CC(N)=O)C(N)=O. The van der Waals surface area contributed by atoms with Gasteiger partial charge in [0.25, 0.3) is 5.91 Å². The van der Waals surface area contributed by atoms with Crippen LogP contribution in [0.5, 0.6) is 0 Å². The van der Waals surface area contributed by atoms with Crippen LogP contribution in [0.3, 0.4) is 0 Å². The average molecular weight is 212 g/mol. The quantitative estimate of drug-likeness (QED) is 0.548. The van der Waals surface area contributed by atoms with E-state index in [-0.39, 0.29) is 19.4 Å². The molecule has 0 rings (SSSR count). The number of hydrogen-bond acceptors (Lipinski definition) is 3. The van der Waals surface area contributed by atoms with Crippen molar-refractivity contribution in [2.45, 2.75) is 18.4 Å². The first kappa shape index (κ1) is 13.4. The lowest BCUT2D eigenvalue weighted by atomic mass is 9.94. The summed E-state index contributed by atoms with van der Waals surface area (Å²) >= 11 is 0. The molecule has 0 bridgehead atoms. The molecule has 0 fully saturated rings. The molecule has 0 aliphatic carbocycles. The van der Waals surface area contributed by atoms with Gasteiger partial charge in [0.05, 0.1) is 13.0 Å². The predicted molar refractivity (Wildman–Crippen MR) is 56.7 cm³/mol. The van der Waals surface area contributed by atoms with Crippen LogP contribution in [0.4, 0.5) is 0 Å². The molecule has 0 aromatic rings. The van der Waals surface area contributed by atoms with Crippen molar-refractivity contribution in [3.05, 3.63) is 25.3 Å². The highest BCUT2D eigenvalue weighted by atomic mass is 16.5. The summed E-state index contributed by atoms with van der Waals surface area (Å²) in [6.07, 6.45) is 2.79. The minimum atomic E-state index is -1.40. The fourth-order valence-electron chi connectivity index (χ4n) is 1.17. The van der Waals surface area contributed by atoms with Crippen molar-refractivity contribution < 1.29 is 14.3 Å². The number of hydrogen-bond donors (Lipinski definition) is 2. The normalized spacial score (nSPS) is 13.9. The Kier molecular flexibility index (Phi) is 5.33. The van der Waals surface area contributed by atoms with Crippen LogP contribution in [0.25, 0.3) is 0 Å². The van der Waals surface area contributed by atoms with Gasteiger partial charge in [-0.15, -0.1) is 13.2 Å². The van der Waals surface area contributed by atoms with Crippen LogP contribution in [0, 0.1) is 0 Å². The lowest BCUT2D eigenvalue weighted by Crippen LogP contribution is -2.48. The molecule has 1 unspecified atom stereocenters. The van der Waals surface area contributed by atoms with Crippen molar-refractivity contribution in [3.63, 3.8) is 0 Å². The topological polar surface area (TPSA) is 95.4 Å². The van der Waals surface area contributed by atoms with Crippen molar-refractivity contribution in [1.29, 1.82) is 0 Å². The number of amides is 2. The number of ether oxygens (including phenoxy) is 1. The van der Waals surface area contributed by atoms with Crippen LogP contribution in [0.2, 0.25) is 0 Å². The molecule has 0 aromatic carbocycles. The summed E-state index contributed by atoms with van der Waals surface area (Å²) < 4.78 is 5.23. The second-order valence-electron chi connectivity index (χ2n) is 3.09. The molecule has 2 amide bonds. The van der Waals surface area contributed by atoms with Gasteiger partial charge in [-0.1, -0.05) is 12.2 Å². The summed E-state index contributed by atoms with van der Waals surface area (Å²) in [5.74, 6) is -1.39. The Morgan fingerprint density at radius 1 is 1.27 bits per heavy atom. The van der Waals surface area contributed by atoms with Gasteiger partial charge in [0, 0.05) is 6.42 Å².